The lowest BCUT2D eigenvalue weighted by Crippen LogP contribution is -2.52. The molecule has 1 saturated heterocycles. The molecule has 0 aromatic heterocycles. The molecule has 4 nitrogen and oxygen atoms in total. The molecular weight excluding hydrogens is 228 g/mol. The molecule has 0 saturated carbocycles. The Labute approximate surface area is 108 Å². The summed E-state index contributed by atoms with van der Waals surface area (Å²) < 4.78 is 0. The molecule has 1 amide bonds. The molecular formula is C14H20N2O2. The van der Waals surface area contributed by atoms with Crippen LogP contribution in [0.4, 0.5) is 0 Å². The molecule has 0 radical (unpaired) electrons. The first-order chi connectivity index (χ1) is 8.49. The van der Waals surface area contributed by atoms with Crippen molar-refractivity contribution in [1.82, 2.24) is 9.80 Å². The van der Waals surface area contributed by atoms with Crippen LogP contribution in [0.5, 0.6) is 5.75 Å². The van der Waals surface area contributed by atoms with Crippen LogP contribution in [0, 0.1) is 6.92 Å². The molecule has 4 heteroatoms. The monoisotopic (exact) mass is 248 g/mol. The second kappa shape index (κ2) is 4.98. The van der Waals surface area contributed by atoms with Gasteiger partial charge in [0.15, 0.2) is 0 Å². The van der Waals surface area contributed by atoms with Crippen molar-refractivity contribution in [3.63, 3.8) is 0 Å². The van der Waals surface area contributed by atoms with E-state index in [1.165, 1.54) is 0 Å². The summed E-state index contributed by atoms with van der Waals surface area (Å²) in [5.74, 6) is -0.00599. The normalized spacial score (nSPS) is 21.1. The van der Waals surface area contributed by atoms with Gasteiger partial charge in [0, 0.05) is 25.7 Å². The van der Waals surface area contributed by atoms with E-state index in [1.807, 2.05) is 18.7 Å². The van der Waals surface area contributed by atoms with Crippen molar-refractivity contribution in [2.24, 2.45) is 0 Å². The Morgan fingerprint density at radius 1 is 1.39 bits per heavy atom. The van der Waals surface area contributed by atoms with Crippen molar-refractivity contribution in [3.05, 3.63) is 29.3 Å². The largest absolute Gasteiger partial charge is 0.507 e. The highest BCUT2D eigenvalue weighted by atomic mass is 16.3. The lowest BCUT2D eigenvalue weighted by molar-refractivity contribution is 0.0530. The second-order valence-corrected chi connectivity index (χ2v) is 5.13. The fraction of sp³-hybridized carbons (Fsp3) is 0.500. The van der Waals surface area contributed by atoms with Crippen LogP contribution in [0.25, 0.3) is 0 Å². The first kappa shape index (κ1) is 12.9. The molecule has 0 spiro atoms. The Bertz CT molecular complexity index is 459. The molecule has 1 unspecified atom stereocenters. The van der Waals surface area contributed by atoms with E-state index in [0.29, 0.717) is 12.1 Å². The van der Waals surface area contributed by atoms with Gasteiger partial charge in [-0.1, -0.05) is 11.6 Å². The van der Waals surface area contributed by atoms with E-state index >= 15 is 0 Å². The number of likely N-dealkylation sites (N-methyl/N-ethyl adjacent to an activating group) is 1. The summed E-state index contributed by atoms with van der Waals surface area (Å²) in [6, 6.07) is 5.32. The van der Waals surface area contributed by atoms with Gasteiger partial charge in [0.05, 0.1) is 5.56 Å². The highest BCUT2D eigenvalue weighted by molar-refractivity contribution is 5.97. The molecule has 1 fully saturated rings. The van der Waals surface area contributed by atoms with Crippen molar-refractivity contribution >= 4 is 5.91 Å². The molecule has 98 valence electrons. The predicted molar refractivity (Wildman–Crippen MR) is 70.8 cm³/mol. The number of aromatic hydroxyl groups is 1. The zero-order valence-electron chi connectivity index (χ0n) is 11.2. The fourth-order valence-electron chi connectivity index (χ4n) is 2.42. The van der Waals surface area contributed by atoms with Gasteiger partial charge < -0.3 is 14.9 Å². The van der Waals surface area contributed by atoms with E-state index in [0.717, 1.165) is 18.7 Å². The van der Waals surface area contributed by atoms with Crippen LogP contribution in [-0.4, -0.2) is 53.5 Å². The summed E-state index contributed by atoms with van der Waals surface area (Å²) >= 11 is 0. The Hall–Kier alpha value is -1.55. The Morgan fingerprint density at radius 2 is 2.11 bits per heavy atom. The number of aryl methyl sites for hydroxylation is 1. The zero-order chi connectivity index (χ0) is 13.3. The number of phenolic OH excluding ortho intramolecular Hbond substituents is 1. The third kappa shape index (κ3) is 2.48. The molecule has 0 aliphatic carbocycles. The molecule has 1 aliphatic rings. The predicted octanol–water partition coefficient (Wildman–Crippen LogP) is 1.48. The van der Waals surface area contributed by atoms with E-state index in [2.05, 4.69) is 11.9 Å². The number of nitrogens with zero attached hydrogens (tertiary/aromatic N) is 2. The summed E-state index contributed by atoms with van der Waals surface area (Å²) in [5.41, 5.74) is 1.39. The van der Waals surface area contributed by atoms with Crippen LogP contribution in [-0.2, 0) is 0 Å². The Kier molecular flexibility index (Phi) is 3.57. The van der Waals surface area contributed by atoms with Crippen molar-refractivity contribution < 1.29 is 9.90 Å². The molecule has 1 aliphatic heterocycles. The van der Waals surface area contributed by atoms with Gasteiger partial charge in [0.25, 0.3) is 5.91 Å². The minimum absolute atomic E-state index is 0.0664. The summed E-state index contributed by atoms with van der Waals surface area (Å²) in [6.45, 7) is 6.43. The quantitative estimate of drug-likeness (QED) is 0.818. The number of piperazine rings is 1. The van der Waals surface area contributed by atoms with Crippen molar-refractivity contribution in [1.29, 1.82) is 0 Å². The molecule has 1 aromatic rings. The van der Waals surface area contributed by atoms with Gasteiger partial charge in [0.1, 0.15) is 5.75 Å². The summed E-state index contributed by atoms with van der Waals surface area (Å²) in [6.07, 6.45) is 0. The van der Waals surface area contributed by atoms with Gasteiger partial charge in [-0.25, -0.2) is 0 Å². The smallest absolute Gasteiger partial charge is 0.257 e. The van der Waals surface area contributed by atoms with Gasteiger partial charge in [-0.05, 0) is 33.0 Å². The third-order valence-electron chi connectivity index (χ3n) is 3.47. The molecule has 1 N–H and O–H groups in total. The maximum absolute atomic E-state index is 12.4. The summed E-state index contributed by atoms with van der Waals surface area (Å²) in [5, 5.41) is 9.82. The van der Waals surface area contributed by atoms with Crippen LogP contribution in [0.15, 0.2) is 18.2 Å². The number of amides is 1. The molecule has 2 rings (SSSR count). The van der Waals surface area contributed by atoms with Crippen LogP contribution in [0.2, 0.25) is 0 Å². The van der Waals surface area contributed by atoms with Crippen LogP contribution in [0.3, 0.4) is 0 Å². The third-order valence-corrected chi connectivity index (χ3v) is 3.47. The SMILES string of the molecule is Cc1ccc(O)c(C(=O)N2CCN(C)CC2C)c1. The van der Waals surface area contributed by atoms with Crippen molar-refractivity contribution in [2.45, 2.75) is 19.9 Å². The topological polar surface area (TPSA) is 43.8 Å². The molecule has 0 bridgehead atoms. The number of rotatable bonds is 1. The second-order valence-electron chi connectivity index (χ2n) is 5.13. The molecule has 1 atom stereocenters. The van der Waals surface area contributed by atoms with Gasteiger partial charge in [-0.15, -0.1) is 0 Å². The first-order valence-electron chi connectivity index (χ1n) is 6.28. The van der Waals surface area contributed by atoms with Crippen LogP contribution >= 0.6 is 0 Å². The van der Waals surface area contributed by atoms with E-state index in [4.69, 9.17) is 0 Å². The summed E-state index contributed by atoms with van der Waals surface area (Å²) in [7, 11) is 2.06. The minimum atomic E-state index is -0.0724. The van der Waals surface area contributed by atoms with Crippen LogP contribution in [0.1, 0.15) is 22.8 Å². The summed E-state index contributed by atoms with van der Waals surface area (Å²) in [4.78, 5) is 16.5. The average Bonchev–Trinajstić information content (AvgIpc) is 2.31. The van der Waals surface area contributed by atoms with E-state index in [9.17, 15) is 9.90 Å². The first-order valence-corrected chi connectivity index (χ1v) is 6.28. The average molecular weight is 248 g/mol. The van der Waals surface area contributed by atoms with E-state index < -0.39 is 0 Å². The number of benzene rings is 1. The van der Waals surface area contributed by atoms with Crippen LogP contribution < -0.4 is 0 Å². The number of carbonyl (C=O) groups excluding carboxylic acids is 1. The maximum atomic E-state index is 12.4. The highest BCUT2D eigenvalue weighted by Gasteiger charge is 2.27. The lowest BCUT2D eigenvalue weighted by Gasteiger charge is -2.38. The van der Waals surface area contributed by atoms with Gasteiger partial charge in [-0.3, -0.25) is 4.79 Å². The molecule has 18 heavy (non-hydrogen) atoms. The molecule has 1 aromatic carbocycles. The maximum Gasteiger partial charge on any atom is 0.257 e. The highest BCUT2D eigenvalue weighted by Crippen LogP contribution is 2.22. The Balaban J connectivity index is 2.23. The van der Waals surface area contributed by atoms with Gasteiger partial charge in [0.2, 0.25) is 0 Å². The number of hydrogen-bond acceptors (Lipinski definition) is 3. The van der Waals surface area contributed by atoms with Gasteiger partial charge >= 0.3 is 0 Å². The van der Waals surface area contributed by atoms with Crippen molar-refractivity contribution in [3.8, 4) is 5.75 Å². The Morgan fingerprint density at radius 3 is 2.78 bits per heavy atom. The molecule has 1 heterocycles. The lowest BCUT2D eigenvalue weighted by atomic mass is 10.1. The number of phenols is 1. The number of carbonyl (C=O) groups is 1. The standard InChI is InChI=1S/C14H20N2O2/c1-10-4-5-13(17)12(8-10)14(18)16-7-6-15(3)9-11(16)2/h4-5,8,11,17H,6-7,9H2,1-3H3. The van der Waals surface area contributed by atoms with Crippen molar-refractivity contribution in [2.75, 3.05) is 26.7 Å². The van der Waals surface area contributed by atoms with E-state index in [-0.39, 0.29) is 17.7 Å². The zero-order valence-corrected chi connectivity index (χ0v) is 11.2. The van der Waals surface area contributed by atoms with Gasteiger partial charge in [-0.2, -0.15) is 0 Å². The van der Waals surface area contributed by atoms with E-state index in [1.54, 1.807) is 18.2 Å². The minimum Gasteiger partial charge on any atom is -0.507 e. The number of hydrogen-bond donors (Lipinski definition) is 1. The fourth-order valence-corrected chi connectivity index (χ4v) is 2.42.